The number of hydrogen-bond donors (Lipinski definition) is 2. The van der Waals surface area contributed by atoms with Crippen molar-refractivity contribution in [3.05, 3.63) is 35.4 Å². The van der Waals surface area contributed by atoms with E-state index in [1.807, 2.05) is 4.90 Å². The smallest absolute Gasteiger partial charge is 0.254 e. The van der Waals surface area contributed by atoms with Gasteiger partial charge in [0.05, 0.1) is 0 Å². The number of primary amides is 1. The number of halogens is 1. The number of rotatable bonds is 2. The van der Waals surface area contributed by atoms with E-state index in [0.29, 0.717) is 23.2 Å². The van der Waals surface area contributed by atoms with Gasteiger partial charge in [-0.3, -0.25) is 9.59 Å². The van der Waals surface area contributed by atoms with Crippen LogP contribution in [-0.2, 0) is 0 Å². The van der Waals surface area contributed by atoms with Crippen LogP contribution in [-0.4, -0.2) is 41.9 Å². The average molecular weight is 310 g/mol. The molecule has 2 amide bonds. The number of nitrogens with one attached hydrogen (secondary N) is 1. The van der Waals surface area contributed by atoms with Crippen molar-refractivity contribution in [3.8, 4) is 0 Å². The fourth-order valence-electron chi connectivity index (χ4n) is 3.24. The van der Waals surface area contributed by atoms with Crippen LogP contribution >= 0.6 is 12.4 Å². The summed E-state index contributed by atoms with van der Waals surface area (Å²) in [6, 6.07) is 7.27. The molecule has 114 valence electrons. The predicted molar refractivity (Wildman–Crippen MR) is 82.7 cm³/mol. The first-order chi connectivity index (χ1) is 9.66. The minimum atomic E-state index is -0.469. The molecule has 2 aliphatic heterocycles. The maximum Gasteiger partial charge on any atom is 0.254 e. The molecule has 3 N–H and O–H groups in total. The molecule has 1 aromatic rings. The molecule has 5 nitrogen and oxygen atoms in total. The first-order valence-corrected chi connectivity index (χ1v) is 7.10. The first kappa shape index (κ1) is 15.8. The Morgan fingerprint density at radius 1 is 1.05 bits per heavy atom. The SMILES string of the molecule is Cl.NC(=O)c1ccc(C(=O)N2C3CCNCC2CC3)cc1. The van der Waals surface area contributed by atoms with Crippen LogP contribution in [0.25, 0.3) is 0 Å². The first-order valence-electron chi connectivity index (χ1n) is 7.10. The highest BCUT2D eigenvalue weighted by molar-refractivity contribution is 5.97. The number of amides is 2. The highest BCUT2D eigenvalue weighted by Gasteiger charge is 2.38. The summed E-state index contributed by atoms with van der Waals surface area (Å²) >= 11 is 0. The topological polar surface area (TPSA) is 75.4 Å². The van der Waals surface area contributed by atoms with Crippen molar-refractivity contribution in [2.75, 3.05) is 13.1 Å². The molecule has 21 heavy (non-hydrogen) atoms. The molecule has 0 radical (unpaired) electrons. The Bertz CT molecular complexity index is 518. The van der Waals surface area contributed by atoms with Gasteiger partial charge in [0.2, 0.25) is 5.91 Å². The number of hydrogen-bond acceptors (Lipinski definition) is 3. The molecule has 2 fully saturated rings. The van der Waals surface area contributed by atoms with Gasteiger partial charge in [-0.1, -0.05) is 0 Å². The molecular weight excluding hydrogens is 290 g/mol. The molecule has 0 aliphatic carbocycles. The lowest BCUT2D eigenvalue weighted by molar-refractivity contribution is 0.0680. The summed E-state index contributed by atoms with van der Waals surface area (Å²) in [5.41, 5.74) is 6.28. The second-order valence-corrected chi connectivity index (χ2v) is 5.53. The lowest BCUT2D eigenvalue weighted by Crippen LogP contribution is -2.42. The zero-order chi connectivity index (χ0) is 14.1. The number of nitrogens with two attached hydrogens (primary N) is 1. The molecular formula is C15H20ClN3O2. The van der Waals surface area contributed by atoms with E-state index in [0.717, 1.165) is 32.4 Å². The number of nitrogens with zero attached hydrogens (tertiary/aromatic N) is 1. The van der Waals surface area contributed by atoms with Crippen molar-refractivity contribution in [1.82, 2.24) is 10.2 Å². The average Bonchev–Trinajstić information content (AvgIpc) is 2.71. The van der Waals surface area contributed by atoms with Gasteiger partial charge in [0.25, 0.3) is 5.91 Å². The van der Waals surface area contributed by atoms with E-state index in [1.54, 1.807) is 24.3 Å². The van der Waals surface area contributed by atoms with Gasteiger partial charge in [-0.05, 0) is 50.1 Å². The summed E-state index contributed by atoms with van der Waals surface area (Å²) in [5.74, 6) is -0.403. The lowest BCUT2D eigenvalue weighted by Gasteiger charge is -2.28. The summed E-state index contributed by atoms with van der Waals surface area (Å²) in [5, 5.41) is 3.38. The summed E-state index contributed by atoms with van der Waals surface area (Å²) in [7, 11) is 0. The van der Waals surface area contributed by atoms with Crippen LogP contribution in [0.2, 0.25) is 0 Å². The van der Waals surface area contributed by atoms with Crippen LogP contribution in [0.4, 0.5) is 0 Å². The third kappa shape index (κ3) is 3.04. The van der Waals surface area contributed by atoms with Gasteiger partial charge in [-0.2, -0.15) is 0 Å². The number of carbonyl (C=O) groups is 2. The van der Waals surface area contributed by atoms with Gasteiger partial charge >= 0.3 is 0 Å². The lowest BCUT2D eigenvalue weighted by atomic mass is 10.1. The van der Waals surface area contributed by atoms with Gasteiger partial charge in [0.1, 0.15) is 0 Å². The zero-order valence-corrected chi connectivity index (χ0v) is 12.6. The summed E-state index contributed by atoms with van der Waals surface area (Å²) in [6.07, 6.45) is 3.18. The van der Waals surface area contributed by atoms with E-state index in [4.69, 9.17) is 5.73 Å². The van der Waals surface area contributed by atoms with Gasteiger partial charge in [0.15, 0.2) is 0 Å². The van der Waals surface area contributed by atoms with Gasteiger partial charge in [0, 0.05) is 29.8 Å². The molecule has 0 saturated carbocycles. The summed E-state index contributed by atoms with van der Waals surface area (Å²) < 4.78 is 0. The van der Waals surface area contributed by atoms with E-state index in [1.165, 1.54) is 0 Å². The van der Waals surface area contributed by atoms with Gasteiger partial charge in [-0.25, -0.2) is 0 Å². The van der Waals surface area contributed by atoms with Crippen molar-refractivity contribution in [1.29, 1.82) is 0 Å². The van der Waals surface area contributed by atoms with Crippen molar-refractivity contribution in [2.24, 2.45) is 5.73 Å². The molecule has 3 rings (SSSR count). The van der Waals surface area contributed by atoms with Crippen molar-refractivity contribution >= 4 is 24.2 Å². The standard InChI is InChI=1S/C15H19N3O2.ClH/c16-14(19)10-1-3-11(4-2-10)15(20)18-12-5-6-13(18)9-17-8-7-12;/h1-4,12-13,17H,5-9H2,(H2,16,19);1H. The van der Waals surface area contributed by atoms with Crippen LogP contribution in [0.5, 0.6) is 0 Å². The van der Waals surface area contributed by atoms with E-state index in [9.17, 15) is 9.59 Å². The zero-order valence-electron chi connectivity index (χ0n) is 11.7. The Labute approximate surface area is 130 Å². The van der Waals surface area contributed by atoms with Crippen LogP contribution in [0.15, 0.2) is 24.3 Å². The monoisotopic (exact) mass is 309 g/mol. The van der Waals surface area contributed by atoms with Crippen molar-refractivity contribution < 1.29 is 9.59 Å². The highest BCUT2D eigenvalue weighted by atomic mass is 35.5. The molecule has 1 aromatic carbocycles. The largest absolute Gasteiger partial charge is 0.366 e. The number of benzene rings is 1. The Morgan fingerprint density at radius 3 is 2.33 bits per heavy atom. The maximum atomic E-state index is 12.7. The summed E-state index contributed by atoms with van der Waals surface area (Å²) in [6.45, 7) is 1.85. The molecule has 2 aliphatic rings. The Kier molecular flexibility index (Phi) is 4.85. The Morgan fingerprint density at radius 2 is 1.67 bits per heavy atom. The molecule has 2 unspecified atom stereocenters. The molecule has 0 spiro atoms. The fraction of sp³-hybridized carbons (Fsp3) is 0.467. The molecule has 2 heterocycles. The number of fused-ring (bicyclic) bond motifs is 2. The van der Waals surface area contributed by atoms with E-state index >= 15 is 0 Å². The normalized spacial score (nSPS) is 24.1. The third-order valence-corrected chi connectivity index (χ3v) is 4.31. The molecule has 6 heteroatoms. The van der Waals surface area contributed by atoms with E-state index in [-0.39, 0.29) is 18.3 Å². The van der Waals surface area contributed by atoms with Crippen LogP contribution in [0, 0.1) is 0 Å². The van der Waals surface area contributed by atoms with Crippen molar-refractivity contribution in [3.63, 3.8) is 0 Å². The minimum absolute atomic E-state index is 0. The van der Waals surface area contributed by atoms with Crippen LogP contribution < -0.4 is 11.1 Å². The maximum absolute atomic E-state index is 12.7. The fourth-order valence-corrected chi connectivity index (χ4v) is 3.24. The molecule has 2 saturated heterocycles. The van der Waals surface area contributed by atoms with E-state index < -0.39 is 5.91 Å². The Balaban J connectivity index is 0.00000161. The van der Waals surface area contributed by atoms with Crippen LogP contribution in [0.3, 0.4) is 0 Å². The van der Waals surface area contributed by atoms with Crippen LogP contribution in [0.1, 0.15) is 40.0 Å². The summed E-state index contributed by atoms with van der Waals surface area (Å²) in [4.78, 5) is 25.8. The third-order valence-electron chi connectivity index (χ3n) is 4.31. The molecule has 0 aromatic heterocycles. The molecule has 2 bridgehead atoms. The highest BCUT2D eigenvalue weighted by Crippen LogP contribution is 2.29. The minimum Gasteiger partial charge on any atom is -0.366 e. The quantitative estimate of drug-likeness (QED) is 0.861. The van der Waals surface area contributed by atoms with Gasteiger partial charge in [-0.15, -0.1) is 12.4 Å². The second-order valence-electron chi connectivity index (χ2n) is 5.53. The van der Waals surface area contributed by atoms with Gasteiger partial charge < -0.3 is 16.0 Å². The second kappa shape index (κ2) is 6.45. The number of carbonyl (C=O) groups excluding carboxylic acids is 2. The Hall–Kier alpha value is -1.59. The van der Waals surface area contributed by atoms with E-state index in [2.05, 4.69) is 5.32 Å². The predicted octanol–water partition coefficient (Wildman–Crippen LogP) is 1.17. The van der Waals surface area contributed by atoms with Crippen molar-refractivity contribution in [2.45, 2.75) is 31.3 Å². The molecule has 2 atom stereocenters.